The van der Waals surface area contributed by atoms with Crippen molar-refractivity contribution in [1.82, 2.24) is 15.5 Å². The third-order valence-corrected chi connectivity index (χ3v) is 4.95. The first-order valence-electron chi connectivity index (χ1n) is 8.31. The van der Waals surface area contributed by atoms with Gasteiger partial charge in [-0.2, -0.15) is 0 Å². The molecule has 0 aromatic carbocycles. The predicted octanol–water partition coefficient (Wildman–Crippen LogP) is 1.14. The van der Waals surface area contributed by atoms with Crippen LogP contribution in [0.15, 0.2) is 0 Å². The molecule has 0 atom stereocenters. The number of nitrogens with one attached hydrogen (secondary N) is 2. The SMILES string of the molecule is CNC(=O)C1CCN(CC(=O)NC2CCC(C)CC2)CC1. The van der Waals surface area contributed by atoms with Crippen molar-refractivity contribution < 1.29 is 9.59 Å². The van der Waals surface area contributed by atoms with Crippen LogP contribution >= 0.6 is 0 Å². The minimum Gasteiger partial charge on any atom is -0.359 e. The zero-order chi connectivity index (χ0) is 15.2. The van der Waals surface area contributed by atoms with Crippen molar-refractivity contribution in [2.75, 3.05) is 26.7 Å². The maximum atomic E-state index is 12.1. The number of likely N-dealkylation sites (tertiary alicyclic amines) is 1. The molecular weight excluding hydrogens is 266 g/mol. The first-order valence-corrected chi connectivity index (χ1v) is 8.31. The van der Waals surface area contributed by atoms with Gasteiger partial charge in [0.2, 0.25) is 11.8 Å². The maximum absolute atomic E-state index is 12.1. The van der Waals surface area contributed by atoms with Crippen LogP contribution in [-0.2, 0) is 9.59 Å². The quantitative estimate of drug-likeness (QED) is 0.817. The van der Waals surface area contributed by atoms with Crippen LogP contribution in [0.3, 0.4) is 0 Å². The summed E-state index contributed by atoms with van der Waals surface area (Å²) in [5.41, 5.74) is 0. The third kappa shape index (κ3) is 4.99. The molecule has 2 N–H and O–H groups in total. The number of carbonyl (C=O) groups is 2. The van der Waals surface area contributed by atoms with Crippen LogP contribution in [0.4, 0.5) is 0 Å². The maximum Gasteiger partial charge on any atom is 0.234 e. The highest BCUT2D eigenvalue weighted by Crippen LogP contribution is 2.23. The van der Waals surface area contributed by atoms with E-state index in [9.17, 15) is 9.59 Å². The summed E-state index contributed by atoms with van der Waals surface area (Å²) in [6.45, 7) is 4.45. The van der Waals surface area contributed by atoms with Gasteiger partial charge in [0.05, 0.1) is 6.54 Å². The lowest BCUT2D eigenvalue weighted by atomic mass is 9.87. The zero-order valence-electron chi connectivity index (χ0n) is 13.4. The first kappa shape index (κ1) is 16.3. The largest absolute Gasteiger partial charge is 0.359 e. The monoisotopic (exact) mass is 295 g/mol. The molecule has 2 aliphatic rings. The van der Waals surface area contributed by atoms with Gasteiger partial charge in [-0.3, -0.25) is 14.5 Å². The number of rotatable bonds is 4. The molecule has 5 nitrogen and oxygen atoms in total. The van der Waals surface area contributed by atoms with E-state index in [1.54, 1.807) is 7.05 Å². The normalized spacial score (nSPS) is 28.1. The van der Waals surface area contributed by atoms with Gasteiger partial charge in [-0.1, -0.05) is 6.92 Å². The van der Waals surface area contributed by atoms with Gasteiger partial charge in [0.1, 0.15) is 0 Å². The Bertz CT molecular complexity index is 357. The Hall–Kier alpha value is -1.10. The highest BCUT2D eigenvalue weighted by molar-refractivity contribution is 5.79. The average molecular weight is 295 g/mol. The van der Waals surface area contributed by atoms with Crippen LogP contribution in [0.1, 0.15) is 45.4 Å². The van der Waals surface area contributed by atoms with Crippen LogP contribution in [-0.4, -0.2) is 49.4 Å². The average Bonchev–Trinajstić information content (AvgIpc) is 2.49. The number of nitrogens with zero attached hydrogens (tertiary/aromatic N) is 1. The molecule has 0 spiro atoms. The van der Waals surface area contributed by atoms with Crippen LogP contribution in [0.5, 0.6) is 0 Å². The van der Waals surface area contributed by atoms with Gasteiger partial charge in [-0.05, 0) is 57.5 Å². The van der Waals surface area contributed by atoms with E-state index in [-0.39, 0.29) is 17.7 Å². The molecule has 120 valence electrons. The van der Waals surface area contributed by atoms with Gasteiger partial charge in [-0.15, -0.1) is 0 Å². The van der Waals surface area contributed by atoms with E-state index in [2.05, 4.69) is 22.5 Å². The lowest BCUT2D eigenvalue weighted by Gasteiger charge is -2.32. The van der Waals surface area contributed by atoms with Gasteiger partial charge >= 0.3 is 0 Å². The van der Waals surface area contributed by atoms with Crippen molar-refractivity contribution in [3.05, 3.63) is 0 Å². The van der Waals surface area contributed by atoms with Crippen molar-refractivity contribution in [2.24, 2.45) is 11.8 Å². The molecule has 0 aromatic heterocycles. The lowest BCUT2D eigenvalue weighted by Crippen LogP contribution is -2.46. The van der Waals surface area contributed by atoms with E-state index < -0.39 is 0 Å². The summed E-state index contributed by atoms with van der Waals surface area (Å²) in [6.07, 6.45) is 6.39. The van der Waals surface area contributed by atoms with Crippen LogP contribution < -0.4 is 10.6 Å². The summed E-state index contributed by atoms with van der Waals surface area (Å²) in [7, 11) is 1.69. The topological polar surface area (TPSA) is 61.4 Å². The molecule has 2 amide bonds. The Morgan fingerprint density at radius 2 is 1.67 bits per heavy atom. The van der Waals surface area contributed by atoms with E-state index in [1.165, 1.54) is 12.8 Å². The Labute approximate surface area is 127 Å². The highest BCUT2D eigenvalue weighted by Gasteiger charge is 2.26. The number of amides is 2. The Morgan fingerprint density at radius 1 is 1.05 bits per heavy atom. The molecule has 0 unspecified atom stereocenters. The number of hydrogen-bond acceptors (Lipinski definition) is 3. The fraction of sp³-hybridized carbons (Fsp3) is 0.875. The lowest BCUT2D eigenvalue weighted by molar-refractivity contribution is -0.126. The highest BCUT2D eigenvalue weighted by atomic mass is 16.2. The molecule has 2 fully saturated rings. The molecule has 0 aromatic rings. The minimum absolute atomic E-state index is 0.120. The molecule has 1 saturated carbocycles. The zero-order valence-corrected chi connectivity index (χ0v) is 13.4. The third-order valence-electron chi connectivity index (χ3n) is 4.95. The molecule has 1 aliphatic carbocycles. The van der Waals surface area contributed by atoms with E-state index in [4.69, 9.17) is 0 Å². The Kier molecular flexibility index (Phi) is 6.03. The van der Waals surface area contributed by atoms with E-state index in [1.807, 2.05) is 0 Å². The molecule has 21 heavy (non-hydrogen) atoms. The summed E-state index contributed by atoms with van der Waals surface area (Å²) in [6, 6.07) is 0.372. The molecule has 1 aliphatic heterocycles. The minimum atomic E-state index is 0.120. The smallest absolute Gasteiger partial charge is 0.234 e. The number of carbonyl (C=O) groups excluding carboxylic acids is 2. The van der Waals surface area contributed by atoms with E-state index in [0.29, 0.717) is 12.6 Å². The second kappa shape index (κ2) is 7.78. The summed E-state index contributed by atoms with van der Waals surface area (Å²) >= 11 is 0. The predicted molar refractivity (Wildman–Crippen MR) is 82.8 cm³/mol. The first-order chi connectivity index (χ1) is 10.1. The van der Waals surface area contributed by atoms with Gasteiger partial charge in [-0.25, -0.2) is 0 Å². The second-order valence-electron chi connectivity index (χ2n) is 6.69. The molecule has 0 radical (unpaired) electrons. The standard InChI is InChI=1S/C16H29N3O2/c1-12-3-5-14(6-4-12)18-15(20)11-19-9-7-13(8-10-19)16(21)17-2/h12-14H,3-11H2,1-2H3,(H,17,21)(H,18,20). The van der Waals surface area contributed by atoms with Crippen molar-refractivity contribution in [2.45, 2.75) is 51.5 Å². The fourth-order valence-corrected chi connectivity index (χ4v) is 3.44. The van der Waals surface area contributed by atoms with E-state index >= 15 is 0 Å². The van der Waals surface area contributed by atoms with Crippen molar-refractivity contribution in [1.29, 1.82) is 0 Å². The summed E-state index contributed by atoms with van der Waals surface area (Å²) in [5.74, 6) is 1.21. The molecular formula is C16H29N3O2. The van der Waals surface area contributed by atoms with Gasteiger partial charge < -0.3 is 10.6 Å². The van der Waals surface area contributed by atoms with Gasteiger partial charge in [0, 0.05) is 19.0 Å². The summed E-state index contributed by atoms with van der Waals surface area (Å²) in [5, 5.41) is 5.88. The van der Waals surface area contributed by atoms with Crippen molar-refractivity contribution >= 4 is 11.8 Å². The summed E-state index contributed by atoms with van der Waals surface area (Å²) in [4.78, 5) is 25.8. The van der Waals surface area contributed by atoms with Crippen LogP contribution in [0, 0.1) is 11.8 Å². The molecule has 2 rings (SSSR count). The van der Waals surface area contributed by atoms with Crippen LogP contribution in [0.2, 0.25) is 0 Å². The summed E-state index contributed by atoms with van der Waals surface area (Å²) < 4.78 is 0. The van der Waals surface area contributed by atoms with Gasteiger partial charge in [0.15, 0.2) is 0 Å². The van der Waals surface area contributed by atoms with Crippen LogP contribution in [0.25, 0.3) is 0 Å². The van der Waals surface area contributed by atoms with E-state index in [0.717, 1.165) is 44.7 Å². The number of hydrogen-bond donors (Lipinski definition) is 2. The number of piperidine rings is 1. The fourth-order valence-electron chi connectivity index (χ4n) is 3.44. The Morgan fingerprint density at radius 3 is 2.24 bits per heavy atom. The Balaban J connectivity index is 1.66. The second-order valence-corrected chi connectivity index (χ2v) is 6.69. The molecule has 5 heteroatoms. The molecule has 1 heterocycles. The van der Waals surface area contributed by atoms with Crippen molar-refractivity contribution in [3.8, 4) is 0 Å². The van der Waals surface area contributed by atoms with Gasteiger partial charge in [0.25, 0.3) is 0 Å². The molecule has 1 saturated heterocycles. The van der Waals surface area contributed by atoms with Crippen molar-refractivity contribution in [3.63, 3.8) is 0 Å². The molecule has 0 bridgehead atoms.